The molecule has 110 valence electrons. The normalized spacial score (nSPS) is 24.1. The topological polar surface area (TPSA) is 44.5 Å². The van der Waals surface area contributed by atoms with Crippen LogP contribution in [0.5, 0.6) is 11.5 Å². The predicted octanol–water partition coefficient (Wildman–Crippen LogP) is 3.70. The van der Waals surface area contributed by atoms with Crippen LogP contribution in [0.1, 0.15) is 36.1 Å². The molecule has 1 unspecified atom stereocenters. The second-order valence-corrected chi connectivity index (χ2v) is 5.92. The third-order valence-electron chi connectivity index (χ3n) is 4.19. The zero-order valence-electron chi connectivity index (χ0n) is 12.7. The molecule has 1 aliphatic rings. The smallest absolute Gasteiger partial charge is 0.133 e. The lowest BCUT2D eigenvalue weighted by Gasteiger charge is -2.39. The summed E-state index contributed by atoms with van der Waals surface area (Å²) in [6.07, 6.45) is 0.760. The summed E-state index contributed by atoms with van der Waals surface area (Å²) in [5, 5.41) is 0. The molecule has 2 atom stereocenters. The first-order valence-electron chi connectivity index (χ1n) is 7.21. The third-order valence-corrected chi connectivity index (χ3v) is 4.19. The molecular weight excluding hydrogens is 262 g/mol. The van der Waals surface area contributed by atoms with E-state index in [-0.39, 0.29) is 6.04 Å². The van der Waals surface area contributed by atoms with Gasteiger partial charge in [-0.05, 0) is 25.5 Å². The fourth-order valence-corrected chi connectivity index (χ4v) is 3.00. The molecule has 3 heteroatoms. The molecule has 3 rings (SSSR count). The highest BCUT2D eigenvalue weighted by Crippen LogP contribution is 2.44. The van der Waals surface area contributed by atoms with Crippen molar-refractivity contribution in [1.82, 2.24) is 0 Å². The maximum absolute atomic E-state index is 6.37. The fourth-order valence-electron chi connectivity index (χ4n) is 3.00. The number of nitrogens with two attached hydrogens (primary N) is 1. The highest BCUT2D eigenvalue weighted by molar-refractivity contribution is 5.45. The van der Waals surface area contributed by atoms with E-state index in [1.54, 1.807) is 7.11 Å². The van der Waals surface area contributed by atoms with Gasteiger partial charge in [0.05, 0.1) is 7.11 Å². The second-order valence-electron chi connectivity index (χ2n) is 5.92. The van der Waals surface area contributed by atoms with E-state index in [0.29, 0.717) is 0 Å². The van der Waals surface area contributed by atoms with Crippen LogP contribution >= 0.6 is 0 Å². The maximum atomic E-state index is 6.37. The Morgan fingerprint density at radius 2 is 2.05 bits per heavy atom. The summed E-state index contributed by atoms with van der Waals surface area (Å²) in [7, 11) is 1.66. The summed E-state index contributed by atoms with van der Waals surface area (Å²) in [6.45, 7) is 4.19. The highest BCUT2D eigenvalue weighted by Gasteiger charge is 2.37. The van der Waals surface area contributed by atoms with E-state index in [9.17, 15) is 0 Å². The summed E-state index contributed by atoms with van der Waals surface area (Å²) in [5.74, 6) is 1.60. The van der Waals surface area contributed by atoms with Crippen LogP contribution in [-0.4, -0.2) is 7.11 Å². The summed E-state index contributed by atoms with van der Waals surface area (Å²) in [5.41, 5.74) is 9.38. The quantitative estimate of drug-likeness (QED) is 0.914. The van der Waals surface area contributed by atoms with Crippen molar-refractivity contribution in [3.05, 3.63) is 59.2 Å². The number of benzene rings is 2. The summed E-state index contributed by atoms with van der Waals surface area (Å²) < 4.78 is 11.6. The SMILES string of the molecule is COc1ccc2c(c1)OC(C)(c1cccc(C)c1)C[C@@H]2N. The molecular formula is C18H21NO2. The van der Waals surface area contributed by atoms with Crippen molar-refractivity contribution in [3.63, 3.8) is 0 Å². The van der Waals surface area contributed by atoms with Gasteiger partial charge in [-0.25, -0.2) is 0 Å². The lowest BCUT2D eigenvalue weighted by Crippen LogP contribution is -2.38. The molecule has 0 aromatic heterocycles. The first-order valence-corrected chi connectivity index (χ1v) is 7.21. The Hall–Kier alpha value is -2.00. The first kappa shape index (κ1) is 14.0. The Labute approximate surface area is 125 Å². The standard InChI is InChI=1S/C18H21NO2/c1-12-5-4-6-13(9-12)18(2)11-16(19)15-8-7-14(20-3)10-17(15)21-18/h4-10,16H,11,19H2,1-3H3/t16-,18?/m0/s1. The molecule has 0 fully saturated rings. The molecule has 2 N–H and O–H groups in total. The van der Waals surface area contributed by atoms with E-state index in [1.165, 1.54) is 5.56 Å². The van der Waals surface area contributed by atoms with E-state index >= 15 is 0 Å². The van der Waals surface area contributed by atoms with E-state index in [4.69, 9.17) is 15.2 Å². The van der Waals surface area contributed by atoms with Crippen LogP contribution in [0.3, 0.4) is 0 Å². The van der Waals surface area contributed by atoms with Gasteiger partial charge in [0, 0.05) is 24.1 Å². The van der Waals surface area contributed by atoms with Crippen LogP contribution < -0.4 is 15.2 Å². The van der Waals surface area contributed by atoms with Crippen molar-refractivity contribution < 1.29 is 9.47 Å². The Morgan fingerprint density at radius 1 is 1.24 bits per heavy atom. The first-order chi connectivity index (χ1) is 10.0. The molecule has 0 amide bonds. The Balaban J connectivity index is 2.03. The molecule has 3 nitrogen and oxygen atoms in total. The van der Waals surface area contributed by atoms with Gasteiger partial charge in [0.2, 0.25) is 0 Å². The highest BCUT2D eigenvalue weighted by atomic mass is 16.5. The van der Waals surface area contributed by atoms with Gasteiger partial charge >= 0.3 is 0 Å². The Bertz CT molecular complexity index is 668. The van der Waals surface area contributed by atoms with Crippen LogP contribution in [0, 0.1) is 6.92 Å². The molecule has 0 spiro atoms. The van der Waals surface area contributed by atoms with Crippen LogP contribution in [0.2, 0.25) is 0 Å². The van der Waals surface area contributed by atoms with Crippen LogP contribution in [-0.2, 0) is 5.60 Å². The molecule has 1 aliphatic heterocycles. The molecule has 0 aliphatic carbocycles. The number of hydrogen-bond acceptors (Lipinski definition) is 3. The molecule has 1 heterocycles. The largest absolute Gasteiger partial charge is 0.497 e. The number of methoxy groups -OCH3 is 1. The summed E-state index contributed by atoms with van der Waals surface area (Å²) in [4.78, 5) is 0. The summed E-state index contributed by atoms with van der Waals surface area (Å²) in [6, 6.07) is 14.2. The predicted molar refractivity (Wildman–Crippen MR) is 83.7 cm³/mol. The Morgan fingerprint density at radius 3 is 2.76 bits per heavy atom. The van der Waals surface area contributed by atoms with Crippen molar-refractivity contribution >= 4 is 0 Å². The minimum Gasteiger partial charge on any atom is -0.497 e. The number of ether oxygens (including phenoxy) is 2. The number of hydrogen-bond donors (Lipinski definition) is 1. The van der Waals surface area contributed by atoms with Gasteiger partial charge in [-0.3, -0.25) is 0 Å². The van der Waals surface area contributed by atoms with Crippen molar-refractivity contribution in [2.24, 2.45) is 5.73 Å². The van der Waals surface area contributed by atoms with Gasteiger partial charge in [0.15, 0.2) is 0 Å². The Kier molecular flexibility index (Phi) is 3.38. The molecule has 0 radical (unpaired) electrons. The zero-order chi connectivity index (χ0) is 15.0. The summed E-state index contributed by atoms with van der Waals surface area (Å²) >= 11 is 0. The van der Waals surface area contributed by atoms with Crippen molar-refractivity contribution in [2.45, 2.75) is 31.9 Å². The van der Waals surface area contributed by atoms with Crippen molar-refractivity contribution in [1.29, 1.82) is 0 Å². The van der Waals surface area contributed by atoms with Crippen molar-refractivity contribution in [2.75, 3.05) is 7.11 Å². The van der Waals surface area contributed by atoms with E-state index in [0.717, 1.165) is 29.0 Å². The lowest BCUT2D eigenvalue weighted by molar-refractivity contribution is 0.0508. The lowest BCUT2D eigenvalue weighted by atomic mass is 9.83. The van der Waals surface area contributed by atoms with Crippen LogP contribution in [0.4, 0.5) is 0 Å². The molecule has 0 saturated heterocycles. The number of rotatable bonds is 2. The minimum atomic E-state index is -0.412. The van der Waals surface area contributed by atoms with E-state index < -0.39 is 5.60 Å². The fraction of sp³-hybridized carbons (Fsp3) is 0.333. The molecule has 0 bridgehead atoms. The molecule has 0 saturated carbocycles. The average molecular weight is 283 g/mol. The average Bonchev–Trinajstić information content (AvgIpc) is 2.46. The van der Waals surface area contributed by atoms with Crippen molar-refractivity contribution in [3.8, 4) is 11.5 Å². The zero-order valence-corrected chi connectivity index (χ0v) is 12.7. The number of fused-ring (bicyclic) bond motifs is 1. The van der Waals surface area contributed by atoms with E-state index in [2.05, 4.69) is 38.1 Å². The third kappa shape index (κ3) is 2.49. The second kappa shape index (κ2) is 5.08. The van der Waals surface area contributed by atoms with Gasteiger partial charge in [0.1, 0.15) is 17.1 Å². The van der Waals surface area contributed by atoms with E-state index in [1.807, 2.05) is 18.2 Å². The van der Waals surface area contributed by atoms with Gasteiger partial charge in [-0.1, -0.05) is 35.9 Å². The monoisotopic (exact) mass is 283 g/mol. The maximum Gasteiger partial charge on any atom is 0.133 e. The molecule has 2 aromatic rings. The van der Waals surface area contributed by atoms with Crippen LogP contribution in [0.25, 0.3) is 0 Å². The van der Waals surface area contributed by atoms with Gasteiger partial charge in [-0.15, -0.1) is 0 Å². The van der Waals surface area contributed by atoms with Gasteiger partial charge in [0.25, 0.3) is 0 Å². The molecule has 21 heavy (non-hydrogen) atoms. The van der Waals surface area contributed by atoms with Crippen LogP contribution in [0.15, 0.2) is 42.5 Å². The molecule has 2 aromatic carbocycles. The number of aryl methyl sites for hydroxylation is 1. The van der Waals surface area contributed by atoms with Gasteiger partial charge < -0.3 is 15.2 Å². The minimum absolute atomic E-state index is 0.0369. The van der Waals surface area contributed by atoms with Gasteiger partial charge in [-0.2, -0.15) is 0 Å².